The van der Waals surface area contributed by atoms with E-state index in [1.807, 2.05) is 32.0 Å². The van der Waals surface area contributed by atoms with Crippen LogP contribution in [-0.2, 0) is 16.0 Å². The highest BCUT2D eigenvalue weighted by molar-refractivity contribution is 6.05. The van der Waals surface area contributed by atoms with E-state index in [2.05, 4.69) is 16.0 Å². The van der Waals surface area contributed by atoms with Gasteiger partial charge in [-0.05, 0) is 49.7 Å². The number of benzene rings is 2. The Morgan fingerprint density at radius 1 is 0.964 bits per heavy atom. The Bertz CT molecular complexity index is 849. The van der Waals surface area contributed by atoms with Crippen LogP contribution in [0.2, 0.25) is 0 Å². The highest BCUT2D eigenvalue weighted by atomic mass is 16.5. The number of nitrogens with one attached hydrogen (secondary N) is 3. The van der Waals surface area contributed by atoms with Crippen molar-refractivity contribution in [1.82, 2.24) is 5.32 Å². The molecule has 0 aliphatic heterocycles. The van der Waals surface area contributed by atoms with Crippen molar-refractivity contribution in [3.8, 4) is 0 Å². The molecule has 0 aromatic heterocycles. The summed E-state index contributed by atoms with van der Waals surface area (Å²) in [4.78, 5) is 35.2. The van der Waals surface area contributed by atoms with Crippen LogP contribution in [0.15, 0.2) is 48.5 Å². The summed E-state index contributed by atoms with van der Waals surface area (Å²) < 4.78 is 4.94. The van der Waals surface area contributed by atoms with Crippen molar-refractivity contribution in [1.29, 1.82) is 0 Å². The number of amides is 3. The van der Waals surface area contributed by atoms with Crippen molar-refractivity contribution in [2.75, 3.05) is 17.2 Å². The van der Waals surface area contributed by atoms with Crippen molar-refractivity contribution in [2.45, 2.75) is 33.2 Å². The molecule has 2 rings (SSSR count). The van der Waals surface area contributed by atoms with E-state index in [4.69, 9.17) is 4.74 Å². The zero-order valence-electron chi connectivity index (χ0n) is 16.2. The number of hydrogen-bond donors (Lipinski definition) is 3. The lowest BCUT2D eigenvalue weighted by Gasteiger charge is -2.11. The van der Waals surface area contributed by atoms with E-state index in [1.54, 1.807) is 30.3 Å². The lowest BCUT2D eigenvalue weighted by Crippen LogP contribution is -2.34. The molecule has 3 amide bonds. The van der Waals surface area contributed by atoms with Crippen LogP contribution in [0.3, 0.4) is 0 Å². The van der Waals surface area contributed by atoms with Crippen molar-refractivity contribution in [3.05, 3.63) is 59.7 Å². The smallest absolute Gasteiger partial charge is 0.319 e. The Labute approximate surface area is 164 Å². The van der Waals surface area contributed by atoms with Gasteiger partial charge in [-0.1, -0.05) is 18.2 Å². The van der Waals surface area contributed by atoms with Crippen LogP contribution >= 0.6 is 0 Å². The second kappa shape index (κ2) is 10.1. The van der Waals surface area contributed by atoms with Crippen LogP contribution in [0.1, 0.15) is 36.7 Å². The summed E-state index contributed by atoms with van der Waals surface area (Å²) in [5, 5.41) is 8.27. The lowest BCUT2D eigenvalue weighted by atomic mass is 10.1. The minimum absolute atomic E-state index is 0.0135. The maximum absolute atomic E-state index is 12.5. The molecule has 7 nitrogen and oxygen atoms in total. The summed E-state index contributed by atoms with van der Waals surface area (Å²) in [6.07, 6.45) is 0.563. The van der Waals surface area contributed by atoms with Crippen molar-refractivity contribution in [3.63, 3.8) is 0 Å². The average molecular weight is 383 g/mol. The molecular weight excluding hydrogens is 358 g/mol. The summed E-state index contributed by atoms with van der Waals surface area (Å²) >= 11 is 0. The molecule has 0 heterocycles. The van der Waals surface area contributed by atoms with E-state index in [1.165, 1.54) is 6.92 Å². The first kappa shape index (κ1) is 21.0. The molecule has 0 aliphatic carbocycles. The first-order valence-electron chi connectivity index (χ1n) is 9.04. The number of urea groups is 1. The van der Waals surface area contributed by atoms with Gasteiger partial charge in [0.25, 0.3) is 5.91 Å². The standard InChI is InChI=1S/C21H25N3O4/c1-14(2)22-21(27)24-19-9-5-7-17(13-19)20(26)23-18-8-4-6-16(12-18)10-11-28-15(3)25/h4-9,12-14H,10-11H2,1-3H3,(H,23,26)(H2,22,24,27). The molecule has 0 atom stereocenters. The fraction of sp³-hybridized carbons (Fsp3) is 0.286. The van der Waals surface area contributed by atoms with Gasteiger partial charge in [-0.25, -0.2) is 4.79 Å². The number of carbonyl (C=O) groups excluding carboxylic acids is 3. The van der Waals surface area contributed by atoms with Crippen molar-refractivity contribution in [2.24, 2.45) is 0 Å². The third-order valence-electron chi connectivity index (χ3n) is 3.68. The zero-order valence-corrected chi connectivity index (χ0v) is 16.2. The Morgan fingerprint density at radius 3 is 2.32 bits per heavy atom. The van der Waals surface area contributed by atoms with Crippen LogP contribution in [0.4, 0.5) is 16.2 Å². The fourth-order valence-electron chi connectivity index (χ4n) is 2.49. The highest BCUT2D eigenvalue weighted by Gasteiger charge is 2.09. The lowest BCUT2D eigenvalue weighted by molar-refractivity contribution is -0.140. The fourth-order valence-corrected chi connectivity index (χ4v) is 2.49. The molecule has 28 heavy (non-hydrogen) atoms. The summed E-state index contributed by atoms with van der Waals surface area (Å²) in [5.74, 6) is -0.606. The van der Waals surface area contributed by atoms with Gasteiger partial charge in [-0.2, -0.15) is 0 Å². The van der Waals surface area contributed by atoms with Crippen LogP contribution in [0.5, 0.6) is 0 Å². The van der Waals surface area contributed by atoms with Gasteiger partial charge >= 0.3 is 12.0 Å². The van der Waals surface area contributed by atoms with Gasteiger partial charge in [0.1, 0.15) is 0 Å². The number of carbonyl (C=O) groups is 3. The predicted octanol–water partition coefficient (Wildman–Crippen LogP) is 3.57. The highest BCUT2D eigenvalue weighted by Crippen LogP contribution is 2.15. The molecule has 2 aromatic rings. The normalized spacial score (nSPS) is 10.3. The average Bonchev–Trinajstić information content (AvgIpc) is 2.61. The molecule has 0 fully saturated rings. The Balaban J connectivity index is 2.00. The van der Waals surface area contributed by atoms with Gasteiger partial charge < -0.3 is 20.7 Å². The number of esters is 1. The van der Waals surface area contributed by atoms with E-state index in [-0.39, 0.29) is 23.9 Å². The maximum Gasteiger partial charge on any atom is 0.319 e. The number of anilines is 2. The minimum atomic E-state index is -0.326. The zero-order chi connectivity index (χ0) is 20.5. The van der Waals surface area contributed by atoms with Crippen LogP contribution in [-0.4, -0.2) is 30.6 Å². The van der Waals surface area contributed by atoms with E-state index in [0.29, 0.717) is 30.0 Å². The SMILES string of the molecule is CC(=O)OCCc1cccc(NC(=O)c2cccc(NC(=O)NC(C)C)c2)c1. The molecule has 0 aliphatic rings. The maximum atomic E-state index is 12.5. The first-order valence-corrected chi connectivity index (χ1v) is 9.04. The van der Waals surface area contributed by atoms with Gasteiger partial charge in [0.2, 0.25) is 0 Å². The second-order valence-corrected chi connectivity index (χ2v) is 6.58. The molecule has 0 spiro atoms. The van der Waals surface area contributed by atoms with E-state index < -0.39 is 0 Å². The van der Waals surface area contributed by atoms with Gasteiger partial charge in [0, 0.05) is 36.3 Å². The van der Waals surface area contributed by atoms with Gasteiger partial charge in [0.05, 0.1) is 6.61 Å². The molecule has 0 saturated carbocycles. The van der Waals surface area contributed by atoms with Crippen molar-refractivity contribution >= 4 is 29.3 Å². The summed E-state index contributed by atoms with van der Waals surface area (Å²) in [5.41, 5.74) is 2.54. The van der Waals surface area contributed by atoms with Gasteiger partial charge in [-0.3, -0.25) is 9.59 Å². The Kier molecular flexibility index (Phi) is 7.56. The predicted molar refractivity (Wildman–Crippen MR) is 108 cm³/mol. The molecule has 0 radical (unpaired) electrons. The third-order valence-corrected chi connectivity index (χ3v) is 3.68. The first-order chi connectivity index (χ1) is 13.3. The van der Waals surface area contributed by atoms with Gasteiger partial charge in [0.15, 0.2) is 0 Å². The molecule has 148 valence electrons. The number of hydrogen-bond acceptors (Lipinski definition) is 4. The topological polar surface area (TPSA) is 96.5 Å². The Morgan fingerprint density at radius 2 is 1.64 bits per heavy atom. The summed E-state index contributed by atoms with van der Waals surface area (Å²) in [6, 6.07) is 13.7. The van der Waals surface area contributed by atoms with Crippen LogP contribution in [0.25, 0.3) is 0 Å². The number of ether oxygens (including phenoxy) is 1. The van der Waals surface area contributed by atoms with Crippen LogP contribution in [0, 0.1) is 0 Å². The monoisotopic (exact) mass is 383 g/mol. The minimum Gasteiger partial charge on any atom is -0.466 e. The van der Waals surface area contributed by atoms with Gasteiger partial charge in [-0.15, -0.1) is 0 Å². The molecule has 7 heteroatoms. The molecular formula is C21H25N3O4. The van der Waals surface area contributed by atoms with Crippen molar-refractivity contribution < 1.29 is 19.1 Å². The largest absolute Gasteiger partial charge is 0.466 e. The summed E-state index contributed by atoms with van der Waals surface area (Å²) in [7, 11) is 0. The molecule has 0 saturated heterocycles. The Hall–Kier alpha value is -3.35. The number of rotatable bonds is 7. The van der Waals surface area contributed by atoms with E-state index in [9.17, 15) is 14.4 Å². The molecule has 3 N–H and O–H groups in total. The molecule has 2 aromatic carbocycles. The third kappa shape index (κ3) is 7.11. The summed E-state index contributed by atoms with van der Waals surface area (Å²) in [6.45, 7) is 5.39. The van der Waals surface area contributed by atoms with E-state index in [0.717, 1.165) is 5.56 Å². The van der Waals surface area contributed by atoms with Crippen LogP contribution < -0.4 is 16.0 Å². The van der Waals surface area contributed by atoms with E-state index >= 15 is 0 Å². The molecule has 0 bridgehead atoms. The quantitative estimate of drug-likeness (QED) is 0.637. The second-order valence-electron chi connectivity index (χ2n) is 6.58. The molecule has 0 unspecified atom stereocenters.